The predicted octanol–water partition coefficient (Wildman–Crippen LogP) is 1.12. The van der Waals surface area contributed by atoms with Crippen molar-refractivity contribution < 1.29 is 13.5 Å². The highest BCUT2D eigenvalue weighted by Crippen LogP contribution is 2.39. The van der Waals surface area contributed by atoms with E-state index in [1.807, 2.05) is 0 Å². The summed E-state index contributed by atoms with van der Waals surface area (Å²) in [5.41, 5.74) is -0.890. The number of rotatable bonds is 1. The first-order chi connectivity index (χ1) is 6.52. The van der Waals surface area contributed by atoms with Gasteiger partial charge in [0.25, 0.3) is 0 Å². The van der Waals surface area contributed by atoms with Crippen molar-refractivity contribution in [1.29, 1.82) is 0 Å². The fraction of sp³-hybridized carbons (Fsp3) is 1.00. The molecule has 0 spiro atoms. The summed E-state index contributed by atoms with van der Waals surface area (Å²) >= 11 is 0. The summed E-state index contributed by atoms with van der Waals surface area (Å²) in [7, 11) is -2.95. The van der Waals surface area contributed by atoms with Gasteiger partial charge >= 0.3 is 0 Å². The molecule has 0 amide bonds. The van der Waals surface area contributed by atoms with Crippen LogP contribution in [0.1, 0.15) is 38.5 Å². The van der Waals surface area contributed by atoms with E-state index in [-0.39, 0.29) is 17.4 Å². The monoisotopic (exact) mass is 218 g/mol. The molecule has 2 aliphatic rings. The van der Waals surface area contributed by atoms with E-state index in [1.54, 1.807) is 0 Å². The Morgan fingerprint density at radius 2 is 1.79 bits per heavy atom. The second-order valence-electron chi connectivity index (χ2n) is 4.78. The van der Waals surface area contributed by atoms with Crippen LogP contribution in [0.5, 0.6) is 0 Å². The topological polar surface area (TPSA) is 54.4 Å². The van der Waals surface area contributed by atoms with Gasteiger partial charge in [-0.25, -0.2) is 8.42 Å². The van der Waals surface area contributed by atoms with E-state index in [0.717, 1.165) is 25.7 Å². The Morgan fingerprint density at radius 1 is 1.14 bits per heavy atom. The molecule has 1 aliphatic heterocycles. The molecule has 2 fully saturated rings. The molecule has 1 heterocycles. The number of aliphatic hydroxyl groups is 1. The zero-order valence-corrected chi connectivity index (χ0v) is 9.22. The molecule has 82 valence electrons. The molecular formula is C10H18O3S. The van der Waals surface area contributed by atoms with Gasteiger partial charge in [0.1, 0.15) is 0 Å². The third-order valence-corrected chi connectivity index (χ3v) is 5.45. The van der Waals surface area contributed by atoms with Gasteiger partial charge < -0.3 is 5.11 Å². The fourth-order valence-corrected chi connectivity index (χ4v) is 4.77. The maximum atomic E-state index is 11.3. The lowest BCUT2D eigenvalue weighted by molar-refractivity contribution is -0.00950. The van der Waals surface area contributed by atoms with Gasteiger partial charge in [-0.1, -0.05) is 19.3 Å². The van der Waals surface area contributed by atoms with Crippen LogP contribution >= 0.6 is 0 Å². The minimum Gasteiger partial charge on any atom is -0.389 e. The number of sulfone groups is 1. The third kappa shape index (κ3) is 1.96. The molecule has 1 aliphatic carbocycles. The Balaban J connectivity index is 2.09. The van der Waals surface area contributed by atoms with Gasteiger partial charge in [0, 0.05) is 0 Å². The van der Waals surface area contributed by atoms with E-state index >= 15 is 0 Å². The summed E-state index contributed by atoms with van der Waals surface area (Å²) in [5.74, 6) is 0.415. The molecule has 4 heteroatoms. The lowest BCUT2D eigenvalue weighted by atomic mass is 9.77. The van der Waals surface area contributed by atoms with Crippen LogP contribution in [0, 0.1) is 5.92 Å². The van der Waals surface area contributed by atoms with Gasteiger partial charge in [-0.15, -0.1) is 0 Å². The Hall–Kier alpha value is -0.0900. The lowest BCUT2D eigenvalue weighted by Crippen LogP contribution is -2.40. The van der Waals surface area contributed by atoms with Crippen molar-refractivity contribution in [3.63, 3.8) is 0 Å². The summed E-state index contributed by atoms with van der Waals surface area (Å²) < 4.78 is 22.7. The van der Waals surface area contributed by atoms with Crippen molar-refractivity contribution in [1.82, 2.24) is 0 Å². The smallest absolute Gasteiger partial charge is 0.153 e. The van der Waals surface area contributed by atoms with Gasteiger partial charge in [0.2, 0.25) is 0 Å². The van der Waals surface area contributed by atoms with E-state index < -0.39 is 15.4 Å². The van der Waals surface area contributed by atoms with Crippen LogP contribution in [0.15, 0.2) is 0 Å². The maximum absolute atomic E-state index is 11.3. The van der Waals surface area contributed by atoms with Crippen LogP contribution in [0.3, 0.4) is 0 Å². The van der Waals surface area contributed by atoms with Crippen LogP contribution in [0.4, 0.5) is 0 Å². The normalized spacial score (nSPS) is 38.6. The Morgan fingerprint density at radius 3 is 2.29 bits per heavy atom. The average Bonchev–Trinajstić information content (AvgIpc) is 2.44. The highest BCUT2D eigenvalue weighted by Gasteiger charge is 2.46. The van der Waals surface area contributed by atoms with Gasteiger partial charge in [-0.3, -0.25) is 0 Å². The largest absolute Gasteiger partial charge is 0.389 e. The Labute approximate surface area is 85.4 Å². The van der Waals surface area contributed by atoms with Gasteiger partial charge in [-0.2, -0.15) is 0 Å². The number of hydrogen-bond acceptors (Lipinski definition) is 3. The molecule has 1 saturated carbocycles. The van der Waals surface area contributed by atoms with E-state index in [1.165, 1.54) is 6.42 Å². The average molecular weight is 218 g/mol. The molecule has 3 nitrogen and oxygen atoms in total. The van der Waals surface area contributed by atoms with Crippen molar-refractivity contribution in [2.24, 2.45) is 5.92 Å². The molecule has 1 saturated heterocycles. The first-order valence-corrected chi connectivity index (χ1v) is 7.27. The predicted molar refractivity (Wildman–Crippen MR) is 54.8 cm³/mol. The number of hydrogen-bond donors (Lipinski definition) is 1. The van der Waals surface area contributed by atoms with Gasteiger partial charge in [0.05, 0.1) is 17.1 Å². The van der Waals surface area contributed by atoms with Crippen molar-refractivity contribution in [2.75, 3.05) is 11.5 Å². The molecule has 0 aromatic heterocycles. The summed E-state index contributed by atoms with van der Waals surface area (Å²) in [6.07, 6.45) is 6.00. The van der Waals surface area contributed by atoms with Crippen LogP contribution in [-0.4, -0.2) is 30.6 Å². The fourth-order valence-electron chi connectivity index (χ4n) is 2.82. The maximum Gasteiger partial charge on any atom is 0.153 e. The van der Waals surface area contributed by atoms with E-state index in [4.69, 9.17) is 0 Å². The molecule has 0 bridgehead atoms. The summed E-state index contributed by atoms with van der Waals surface area (Å²) in [4.78, 5) is 0. The molecule has 0 aromatic carbocycles. The second-order valence-corrected chi connectivity index (χ2v) is 6.96. The summed E-state index contributed by atoms with van der Waals surface area (Å²) in [5, 5.41) is 10.3. The van der Waals surface area contributed by atoms with Crippen molar-refractivity contribution in [3.05, 3.63) is 0 Å². The minimum atomic E-state index is -2.95. The van der Waals surface area contributed by atoms with Crippen molar-refractivity contribution >= 4 is 9.84 Å². The molecule has 1 unspecified atom stereocenters. The lowest BCUT2D eigenvalue weighted by Gasteiger charge is -2.34. The highest BCUT2D eigenvalue weighted by atomic mass is 32.2. The molecule has 0 radical (unpaired) electrons. The Kier molecular flexibility index (Phi) is 2.60. The standard InChI is InChI=1S/C10H18O3S/c11-10(6-7-14(12,13)8-10)9-4-2-1-3-5-9/h9,11H,1-8H2. The molecular weight excluding hydrogens is 200 g/mol. The summed E-state index contributed by atoms with van der Waals surface area (Å²) in [6, 6.07) is 0. The van der Waals surface area contributed by atoms with Crippen molar-refractivity contribution in [3.8, 4) is 0 Å². The van der Waals surface area contributed by atoms with E-state index in [0.29, 0.717) is 6.42 Å². The van der Waals surface area contributed by atoms with Crippen LogP contribution in [0.25, 0.3) is 0 Å². The van der Waals surface area contributed by atoms with Crippen LogP contribution in [-0.2, 0) is 9.84 Å². The SMILES string of the molecule is O=S1(=O)CCC(O)(C2CCCCC2)C1. The minimum absolute atomic E-state index is 0.00463. The Bertz CT molecular complexity index is 303. The molecule has 2 rings (SSSR count). The third-order valence-electron chi connectivity index (χ3n) is 3.68. The molecule has 1 N–H and O–H groups in total. The second kappa shape index (κ2) is 3.49. The highest BCUT2D eigenvalue weighted by molar-refractivity contribution is 7.91. The van der Waals surface area contributed by atoms with Crippen molar-refractivity contribution in [2.45, 2.75) is 44.1 Å². The van der Waals surface area contributed by atoms with Crippen LogP contribution in [0.2, 0.25) is 0 Å². The molecule has 1 atom stereocenters. The quantitative estimate of drug-likeness (QED) is 0.717. The zero-order valence-electron chi connectivity index (χ0n) is 8.41. The first-order valence-electron chi connectivity index (χ1n) is 5.45. The summed E-state index contributed by atoms with van der Waals surface area (Å²) in [6.45, 7) is 0. The molecule has 0 aromatic rings. The first kappa shape index (κ1) is 10.4. The molecule has 14 heavy (non-hydrogen) atoms. The van der Waals surface area contributed by atoms with Gasteiger partial charge in [0.15, 0.2) is 9.84 Å². The van der Waals surface area contributed by atoms with Gasteiger partial charge in [-0.05, 0) is 25.2 Å². The van der Waals surface area contributed by atoms with Crippen LogP contribution < -0.4 is 0 Å². The van der Waals surface area contributed by atoms with E-state index in [2.05, 4.69) is 0 Å². The van der Waals surface area contributed by atoms with E-state index in [9.17, 15) is 13.5 Å². The zero-order chi connectivity index (χ0) is 10.2.